The number of rotatable bonds is 8. The fourth-order valence-corrected chi connectivity index (χ4v) is 3.75. The van der Waals surface area contributed by atoms with Gasteiger partial charge in [0.05, 0.1) is 31.7 Å². The van der Waals surface area contributed by atoms with Crippen LogP contribution >= 0.6 is 0 Å². The summed E-state index contributed by atoms with van der Waals surface area (Å²) in [4.78, 5) is 40.6. The minimum atomic E-state index is -1.17. The van der Waals surface area contributed by atoms with Crippen LogP contribution in [0.25, 0.3) is 0 Å². The first-order valence-corrected chi connectivity index (χ1v) is 11.2. The Morgan fingerprint density at radius 3 is 2.56 bits per heavy atom. The average Bonchev–Trinajstić information content (AvgIpc) is 2.80. The van der Waals surface area contributed by atoms with E-state index in [2.05, 4.69) is 26.3 Å². The molecule has 0 saturated heterocycles. The molecule has 0 aliphatic carbocycles. The predicted molar refractivity (Wildman–Crippen MR) is 131 cm³/mol. The Balaban J connectivity index is 1.66. The molecular weight excluding hydrogens is 470 g/mol. The number of phenolic OH excluding ortho intramolecular Hbond substituents is 2. The molecule has 3 rings (SSSR count). The van der Waals surface area contributed by atoms with Gasteiger partial charge in [-0.25, -0.2) is 0 Å². The summed E-state index contributed by atoms with van der Waals surface area (Å²) < 4.78 is 0. The first-order valence-electron chi connectivity index (χ1n) is 11.2. The third-order valence-corrected chi connectivity index (χ3v) is 5.38. The lowest BCUT2D eigenvalue weighted by molar-refractivity contribution is -0.137. The minimum absolute atomic E-state index is 0.0655. The van der Waals surface area contributed by atoms with Gasteiger partial charge in [0.2, 0.25) is 5.91 Å². The van der Waals surface area contributed by atoms with E-state index in [9.17, 15) is 34.8 Å². The number of aryl methyl sites for hydroxylation is 2. The number of nitrogens with zero attached hydrogens (tertiary/aromatic N) is 1. The van der Waals surface area contributed by atoms with Gasteiger partial charge >= 0.3 is 5.97 Å². The van der Waals surface area contributed by atoms with Gasteiger partial charge < -0.3 is 41.7 Å². The van der Waals surface area contributed by atoms with E-state index in [4.69, 9.17) is 0 Å². The number of aliphatic hydroxyl groups is 1. The Hall–Kier alpha value is -4.32. The van der Waals surface area contributed by atoms with E-state index in [0.717, 1.165) is 5.56 Å². The Morgan fingerprint density at radius 1 is 1.14 bits per heavy atom. The van der Waals surface area contributed by atoms with Gasteiger partial charge in [-0.2, -0.15) is 0 Å². The number of amides is 2. The van der Waals surface area contributed by atoms with Gasteiger partial charge in [-0.05, 0) is 31.5 Å². The van der Waals surface area contributed by atoms with Gasteiger partial charge in [-0.1, -0.05) is 17.7 Å². The van der Waals surface area contributed by atoms with Crippen molar-refractivity contribution in [1.29, 1.82) is 0 Å². The average molecular weight is 500 g/mol. The molecule has 0 aromatic heterocycles. The summed E-state index contributed by atoms with van der Waals surface area (Å²) in [5.74, 6) is -2.42. The van der Waals surface area contributed by atoms with Crippen LogP contribution in [0.1, 0.15) is 39.5 Å². The number of anilines is 1. The summed E-state index contributed by atoms with van der Waals surface area (Å²) in [6, 6.07) is 6.37. The number of carbonyl (C=O) groups excluding carboxylic acids is 2. The van der Waals surface area contributed by atoms with Gasteiger partial charge in [0.1, 0.15) is 11.5 Å². The van der Waals surface area contributed by atoms with Crippen molar-refractivity contribution < 1.29 is 34.8 Å². The molecule has 1 aliphatic heterocycles. The lowest BCUT2D eigenvalue weighted by atomic mass is 9.97. The molecule has 1 aliphatic rings. The van der Waals surface area contributed by atoms with Gasteiger partial charge in [0.15, 0.2) is 5.96 Å². The summed E-state index contributed by atoms with van der Waals surface area (Å²) in [5, 5.41) is 49.9. The van der Waals surface area contributed by atoms with Crippen molar-refractivity contribution in [3.8, 4) is 11.5 Å². The number of β-amino-alcohol motifs (C(OH)–C–C–N with tert-alkyl or cyclic N) is 1. The van der Waals surface area contributed by atoms with Gasteiger partial charge in [0, 0.05) is 29.4 Å². The third kappa shape index (κ3) is 7.09. The molecule has 1 heterocycles. The molecule has 2 atom stereocenters. The number of carboxylic acids is 1. The number of guanidine groups is 1. The quantitative estimate of drug-likeness (QED) is 0.255. The van der Waals surface area contributed by atoms with Crippen molar-refractivity contribution in [3.63, 3.8) is 0 Å². The second kappa shape index (κ2) is 11.4. The molecule has 192 valence electrons. The van der Waals surface area contributed by atoms with Crippen LogP contribution in [0.5, 0.6) is 11.5 Å². The summed E-state index contributed by atoms with van der Waals surface area (Å²) in [5.41, 5.74) is 2.03. The largest absolute Gasteiger partial charge is 0.508 e. The van der Waals surface area contributed by atoms with Crippen LogP contribution in [-0.4, -0.2) is 69.9 Å². The number of carbonyl (C=O) groups is 3. The molecule has 2 aromatic rings. The normalized spacial score (nSPS) is 15.8. The van der Waals surface area contributed by atoms with Crippen LogP contribution in [-0.2, 0) is 9.59 Å². The summed E-state index contributed by atoms with van der Waals surface area (Å²) in [7, 11) is 0. The molecule has 36 heavy (non-hydrogen) atoms. The molecule has 12 nitrogen and oxygen atoms in total. The maximum atomic E-state index is 12.6. The van der Waals surface area contributed by atoms with Crippen molar-refractivity contribution in [2.45, 2.75) is 32.4 Å². The van der Waals surface area contributed by atoms with Crippen LogP contribution in [0.2, 0.25) is 0 Å². The van der Waals surface area contributed by atoms with Crippen LogP contribution in [0.15, 0.2) is 35.3 Å². The Labute approximate surface area is 207 Å². The molecule has 0 bridgehead atoms. The first kappa shape index (κ1) is 26.3. The number of hydrogen-bond acceptors (Lipinski definition) is 9. The predicted octanol–water partition coefficient (Wildman–Crippen LogP) is 0.509. The van der Waals surface area contributed by atoms with Crippen molar-refractivity contribution in [1.82, 2.24) is 16.0 Å². The maximum Gasteiger partial charge on any atom is 0.305 e. The molecule has 0 fully saturated rings. The van der Waals surface area contributed by atoms with E-state index in [1.807, 2.05) is 0 Å². The number of aromatic hydroxyl groups is 2. The molecule has 0 radical (unpaired) electrons. The Kier molecular flexibility index (Phi) is 8.33. The van der Waals surface area contributed by atoms with Gasteiger partial charge in [-0.15, -0.1) is 0 Å². The summed E-state index contributed by atoms with van der Waals surface area (Å²) in [6.45, 7) is 3.50. The van der Waals surface area contributed by atoms with E-state index in [-0.39, 0.29) is 29.2 Å². The lowest BCUT2D eigenvalue weighted by Crippen LogP contribution is -2.42. The number of benzene rings is 2. The minimum Gasteiger partial charge on any atom is -0.508 e. The van der Waals surface area contributed by atoms with Gasteiger partial charge in [-0.3, -0.25) is 19.4 Å². The molecule has 2 aromatic carbocycles. The summed E-state index contributed by atoms with van der Waals surface area (Å²) >= 11 is 0. The highest BCUT2D eigenvalue weighted by atomic mass is 16.4. The molecule has 12 heteroatoms. The van der Waals surface area contributed by atoms with E-state index in [1.165, 1.54) is 18.2 Å². The number of aliphatic carboxylic acids is 1. The van der Waals surface area contributed by atoms with Crippen LogP contribution in [0, 0.1) is 13.8 Å². The van der Waals surface area contributed by atoms with E-state index in [0.29, 0.717) is 23.8 Å². The van der Waals surface area contributed by atoms with E-state index in [1.54, 1.807) is 26.0 Å². The zero-order chi connectivity index (χ0) is 26.4. The first-order chi connectivity index (χ1) is 17.0. The summed E-state index contributed by atoms with van der Waals surface area (Å²) in [6.07, 6.45) is -1.06. The second-order valence-electron chi connectivity index (χ2n) is 8.54. The van der Waals surface area contributed by atoms with Crippen molar-refractivity contribution in [3.05, 3.63) is 52.6 Å². The fourth-order valence-electron chi connectivity index (χ4n) is 3.75. The molecule has 1 unspecified atom stereocenters. The maximum absolute atomic E-state index is 12.6. The van der Waals surface area contributed by atoms with Crippen LogP contribution in [0.4, 0.5) is 5.69 Å². The zero-order valence-corrected chi connectivity index (χ0v) is 19.8. The molecule has 8 N–H and O–H groups in total. The number of aliphatic hydroxyl groups excluding tert-OH is 1. The lowest BCUT2D eigenvalue weighted by Gasteiger charge is -2.21. The van der Waals surface area contributed by atoms with Crippen LogP contribution in [0.3, 0.4) is 0 Å². The molecule has 0 spiro atoms. The number of hydrogen-bond donors (Lipinski definition) is 8. The molecule has 2 amide bonds. The second-order valence-corrected chi connectivity index (χ2v) is 8.54. The van der Waals surface area contributed by atoms with Crippen LogP contribution < -0.4 is 21.3 Å². The number of aliphatic imine (C=N–C) groups is 1. The van der Waals surface area contributed by atoms with Crippen molar-refractivity contribution >= 4 is 29.4 Å². The monoisotopic (exact) mass is 499 g/mol. The molecular formula is C24H29N5O7. The highest BCUT2D eigenvalue weighted by molar-refractivity contribution is 6.00. The van der Waals surface area contributed by atoms with Gasteiger partial charge in [0.25, 0.3) is 5.91 Å². The van der Waals surface area contributed by atoms with Crippen molar-refractivity contribution in [2.24, 2.45) is 4.99 Å². The highest BCUT2D eigenvalue weighted by Gasteiger charge is 2.23. The fraction of sp³-hybridized carbons (Fsp3) is 0.333. The zero-order valence-electron chi connectivity index (χ0n) is 19.8. The SMILES string of the molecule is Cc1cc(C)c(O)c([C@@H](CC(=O)O)NC(=O)CNC(=O)c2cc(O)cc(NC3=NCC(O)CN3)c2)c1. The Morgan fingerprint density at radius 2 is 1.89 bits per heavy atom. The standard InChI is InChI=1S/C24H29N5O7/c1-12-3-13(2)22(35)18(4-12)19(8-21(33)34)29-20(32)11-25-23(36)14-5-15(7-16(30)6-14)28-24-26-9-17(31)10-27-24/h3-7,17,19,30-31,35H,8-11H2,1-2H3,(H,25,36)(H,29,32)(H,33,34)(H2,26,27,28)/t19-/m1/s1. The van der Waals surface area contributed by atoms with Crippen molar-refractivity contribution in [2.75, 3.05) is 25.0 Å². The highest BCUT2D eigenvalue weighted by Crippen LogP contribution is 2.31. The smallest absolute Gasteiger partial charge is 0.305 e. The van der Waals surface area contributed by atoms with E-state index < -0.39 is 42.9 Å². The number of carboxylic acid groups (broad SMARTS) is 1. The number of phenols is 2. The third-order valence-electron chi connectivity index (χ3n) is 5.38. The molecule has 0 saturated carbocycles. The Bertz CT molecular complexity index is 1200. The number of nitrogens with one attached hydrogen (secondary N) is 4. The van der Waals surface area contributed by atoms with E-state index >= 15 is 0 Å². The topological polar surface area (TPSA) is 193 Å².